The Balaban J connectivity index is 2.07. The van der Waals surface area contributed by atoms with Crippen molar-refractivity contribution in [2.24, 2.45) is 0 Å². The number of hydrogen-bond acceptors (Lipinski definition) is 4. The molecule has 1 aromatic carbocycles. The Labute approximate surface area is 93.8 Å². The summed E-state index contributed by atoms with van der Waals surface area (Å²) in [6.07, 6.45) is 4.47. The molecule has 16 heavy (non-hydrogen) atoms. The van der Waals surface area contributed by atoms with Crippen LogP contribution in [0.2, 0.25) is 0 Å². The van der Waals surface area contributed by atoms with Crippen LogP contribution in [0.25, 0.3) is 0 Å². The summed E-state index contributed by atoms with van der Waals surface area (Å²) in [4.78, 5) is 10.6. The average molecular weight is 212 g/mol. The van der Waals surface area contributed by atoms with Crippen molar-refractivity contribution < 1.29 is 0 Å². The van der Waals surface area contributed by atoms with Gasteiger partial charge in [-0.15, -0.1) is 0 Å². The molecule has 4 nitrogen and oxygen atoms in total. The molecule has 80 valence electrons. The molecular weight excluding hydrogens is 200 g/mol. The van der Waals surface area contributed by atoms with Gasteiger partial charge in [-0.1, -0.05) is 6.07 Å². The van der Waals surface area contributed by atoms with Crippen LogP contribution in [0.1, 0.15) is 5.56 Å². The Morgan fingerprint density at radius 1 is 1.12 bits per heavy atom. The van der Waals surface area contributed by atoms with Gasteiger partial charge in [0.25, 0.3) is 0 Å². The van der Waals surface area contributed by atoms with E-state index in [2.05, 4.69) is 20.9 Å². The van der Waals surface area contributed by atoms with E-state index in [-0.39, 0.29) is 0 Å². The molecule has 1 aromatic heterocycles. The second-order valence-corrected chi connectivity index (χ2v) is 3.80. The lowest BCUT2D eigenvalue weighted by molar-refractivity contribution is 0.940. The molecule has 0 aliphatic carbocycles. The van der Waals surface area contributed by atoms with Crippen molar-refractivity contribution in [3.63, 3.8) is 0 Å². The SMILES string of the molecule is Nc1cccc2c1CCN2c1ncccn1. The van der Waals surface area contributed by atoms with Gasteiger partial charge in [0.15, 0.2) is 0 Å². The fourth-order valence-corrected chi connectivity index (χ4v) is 2.10. The van der Waals surface area contributed by atoms with Crippen molar-refractivity contribution in [3.8, 4) is 0 Å². The van der Waals surface area contributed by atoms with E-state index < -0.39 is 0 Å². The summed E-state index contributed by atoms with van der Waals surface area (Å²) in [6.45, 7) is 0.896. The van der Waals surface area contributed by atoms with Crippen LogP contribution >= 0.6 is 0 Å². The molecule has 1 aliphatic heterocycles. The molecule has 0 fully saturated rings. The quantitative estimate of drug-likeness (QED) is 0.732. The molecular formula is C12H12N4. The number of aromatic nitrogens is 2. The van der Waals surface area contributed by atoms with Crippen LogP contribution in [0.4, 0.5) is 17.3 Å². The molecule has 2 N–H and O–H groups in total. The summed E-state index contributed by atoms with van der Waals surface area (Å²) < 4.78 is 0. The maximum absolute atomic E-state index is 5.94. The number of fused-ring (bicyclic) bond motifs is 1. The molecule has 0 radical (unpaired) electrons. The standard InChI is InChI=1S/C12H12N4/c13-10-3-1-4-11-9(10)5-8-16(11)12-14-6-2-7-15-12/h1-4,6-7H,5,8,13H2. The first-order valence-corrected chi connectivity index (χ1v) is 5.28. The van der Waals surface area contributed by atoms with E-state index in [1.54, 1.807) is 12.4 Å². The highest BCUT2D eigenvalue weighted by molar-refractivity contribution is 5.72. The van der Waals surface area contributed by atoms with Gasteiger partial charge in [-0.2, -0.15) is 0 Å². The monoisotopic (exact) mass is 212 g/mol. The van der Waals surface area contributed by atoms with Crippen molar-refractivity contribution in [2.45, 2.75) is 6.42 Å². The minimum atomic E-state index is 0.742. The highest BCUT2D eigenvalue weighted by Crippen LogP contribution is 2.35. The first-order valence-electron chi connectivity index (χ1n) is 5.28. The zero-order valence-electron chi connectivity index (χ0n) is 8.80. The molecule has 2 heterocycles. The van der Waals surface area contributed by atoms with Crippen molar-refractivity contribution in [3.05, 3.63) is 42.2 Å². The number of nitrogens with zero attached hydrogens (tertiary/aromatic N) is 3. The lowest BCUT2D eigenvalue weighted by atomic mass is 10.1. The molecule has 2 aromatic rings. The number of nitrogen functional groups attached to an aromatic ring is 1. The summed E-state index contributed by atoms with van der Waals surface area (Å²) in [6, 6.07) is 7.79. The normalized spacial score (nSPS) is 13.9. The topological polar surface area (TPSA) is 55.0 Å². The molecule has 0 saturated carbocycles. The molecule has 1 aliphatic rings. The van der Waals surface area contributed by atoms with E-state index in [1.165, 1.54) is 5.56 Å². The maximum atomic E-state index is 5.94. The molecule has 0 atom stereocenters. The Kier molecular flexibility index (Phi) is 1.99. The number of nitrogens with two attached hydrogens (primary N) is 1. The third-order valence-corrected chi connectivity index (χ3v) is 2.86. The van der Waals surface area contributed by atoms with Crippen molar-refractivity contribution in [2.75, 3.05) is 17.2 Å². The van der Waals surface area contributed by atoms with E-state index in [4.69, 9.17) is 5.73 Å². The highest BCUT2D eigenvalue weighted by Gasteiger charge is 2.23. The minimum Gasteiger partial charge on any atom is -0.398 e. The van der Waals surface area contributed by atoms with Gasteiger partial charge in [0.05, 0.1) is 0 Å². The minimum absolute atomic E-state index is 0.742. The summed E-state index contributed by atoms with van der Waals surface area (Å²) in [5.41, 5.74) is 9.14. The smallest absolute Gasteiger partial charge is 0.229 e. The lowest BCUT2D eigenvalue weighted by Gasteiger charge is -2.16. The van der Waals surface area contributed by atoms with E-state index in [1.807, 2.05) is 18.2 Å². The molecule has 0 spiro atoms. The van der Waals surface area contributed by atoms with Gasteiger partial charge in [-0.25, -0.2) is 9.97 Å². The fraction of sp³-hybridized carbons (Fsp3) is 0.167. The van der Waals surface area contributed by atoms with E-state index in [0.717, 1.165) is 30.3 Å². The lowest BCUT2D eigenvalue weighted by Crippen LogP contribution is -2.15. The largest absolute Gasteiger partial charge is 0.398 e. The van der Waals surface area contributed by atoms with Crippen molar-refractivity contribution in [1.29, 1.82) is 0 Å². The zero-order chi connectivity index (χ0) is 11.0. The first-order chi connectivity index (χ1) is 7.86. The van der Waals surface area contributed by atoms with Gasteiger partial charge in [0, 0.05) is 35.9 Å². The Hall–Kier alpha value is -2.10. The Bertz CT molecular complexity index is 510. The maximum Gasteiger partial charge on any atom is 0.229 e. The molecule has 4 heteroatoms. The molecule has 0 unspecified atom stereocenters. The van der Waals surface area contributed by atoms with Gasteiger partial charge in [-0.05, 0) is 24.6 Å². The number of rotatable bonds is 1. The van der Waals surface area contributed by atoms with Crippen LogP contribution in [0.5, 0.6) is 0 Å². The second kappa shape index (κ2) is 3.48. The summed E-state index contributed by atoms with van der Waals surface area (Å²) in [7, 11) is 0. The number of anilines is 3. The summed E-state index contributed by atoms with van der Waals surface area (Å²) >= 11 is 0. The Morgan fingerprint density at radius 3 is 2.75 bits per heavy atom. The van der Waals surface area contributed by atoms with E-state index in [0.29, 0.717) is 0 Å². The van der Waals surface area contributed by atoms with Crippen LogP contribution in [0, 0.1) is 0 Å². The zero-order valence-corrected chi connectivity index (χ0v) is 8.80. The summed E-state index contributed by atoms with van der Waals surface area (Å²) in [5, 5.41) is 0. The second-order valence-electron chi connectivity index (χ2n) is 3.80. The number of hydrogen-bond donors (Lipinski definition) is 1. The van der Waals surface area contributed by atoms with Crippen LogP contribution in [-0.2, 0) is 6.42 Å². The van der Waals surface area contributed by atoms with Gasteiger partial charge in [0.1, 0.15) is 0 Å². The molecule has 0 saturated heterocycles. The van der Waals surface area contributed by atoms with Crippen LogP contribution < -0.4 is 10.6 Å². The average Bonchev–Trinajstić information content (AvgIpc) is 2.75. The Morgan fingerprint density at radius 2 is 1.94 bits per heavy atom. The first kappa shape index (κ1) is 9.15. The van der Waals surface area contributed by atoms with Crippen LogP contribution in [0.3, 0.4) is 0 Å². The third-order valence-electron chi connectivity index (χ3n) is 2.86. The predicted octanol–water partition coefficient (Wildman–Crippen LogP) is 1.75. The molecule has 3 rings (SSSR count). The van der Waals surface area contributed by atoms with E-state index in [9.17, 15) is 0 Å². The van der Waals surface area contributed by atoms with Crippen molar-refractivity contribution in [1.82, 2.24) is 9.97 Å². The van der Waals surface area contributed by atoms with Gasteiger partial charge < -0.3 is 10.6 Å². The predicted molar refractivity (Wildman–Crippen MR) is 63.6 cm³/mol. The van der Waals surface area contributed by atoms with Crippen LogP contribution in [-0.4, -0.2) is 16.5 Å². The fourth-order valence-electron chi connectivity index (χ4n) is 2.10. The van der Waals surface area contributed by atoms with Gasteiger partial charge in [0.2, 0.25) is 5.95 Å². The van der Waals surface area contributed by atoms with Crippen molar-refractivity contribution >= 4 is 17.3 Å². The van der Waals surface area contributed by atoms with E-state index >= 15 is 0 Å². The highest BCUT2D eigenvalue weighted by atomic mass is 15.3. The molecule has 0 bridgehead atoms. The third kappa shape index (κ3) is 1.31. The van der Waals surface area contributed by atoms with Gasteiger partial charge >= 0.3 is 0 Å². The number of benzene rings is 1. The summed E-state index contributed by atoms with van der Waals surface area (Å²) in [5.74, 6) is 0.742. The van der Waals surface area contributed by atoms with Gasteiger partial charge in [-0.3, -0.25) is 0 Å². The van der Waals surface area contributed by atoms with Crippen LogP contribution in [0.15, 0.2) is 36.7 Å². The molecule has 0 amide bonds.